The molecule has 8 heteroatoms. The summed E-state index contributed by atoms with van der Waals surface area (Å²) in [5.74, 6) is -1.83. The summed E-state index contributed by atoms with van der Waals surface area (Å²) in [4.78, 5) is 24.6. The maximum atomic E-state index is 12.8. The van der Waals surface area contributed by atoms with Crippen molar-refractivity contribution < 1.29 is 27.9 Å². The van der Waals surface area contributed by atoms with Crippen LogP contribution in [0.15, 0.2) is 40.8 Å². The molecule has 0 spiro atoms. The van der Waals surface area contributed by atoms with Crippen molar-refractivity contribution in [2.24, 2.45) is 5.92 Å². The Hall–Kier alpha value is -2.03. The highest BCUT2D eigenvalue weighted by molar-refractivity contribution is 7.89. The summed E-state index contributed by atoms with van der Waals surface area (Å²) in [5, 5.41) is 10.9. The van der Waals surface area contributed by atoms with Gasteiger partial charge < -0.3 is 9.84 Å². The summed E-state index contributed by atoms with van der Waals surface area (Å²) in [6.07, 6.45) is 2.03. The maximum Gasteiger partial charge on any atom is 0.336 e. The molecule has 2 aliphatic rings. The minimum Gasteiger partial charge on any atom is -0.466 e. The number of nitrogens with one attached hydrogen (secondary N) is 1. The molecule has 7 nitrogen and oxygen atoms in total. The van der Waals surface area contributed by atoms with Gasteiger partial charge in [-0.2, -0.15) is 0 Å². The molecule has 0 aliphatic heterocycles. The smallest absolute Gasteiger partial charge is 0.336 e. The number of rotatable bonds is 4. The Morgan fingerprint density at radius 3 is 2.52 bits per heavy atom. The van der Waals surface area contributed by atoms with E-state index in [1.54, 1.807) is 19.1 Å². The van der Waals surface area contributed by atoms with Gasteiger partial charge in [0.1, 0.15) is 0 Å². The molecule has 0 heterocycles. The van der Waals surface area contributed by atoms with Crippen molar-refractivity contribution in [3.05, 3.63) is 41.5 Å². The first-order chi connectivity index (χ1) is 12.5. The summed E-state index contributed by atoms with van der Waals surface area (Å²) < 4.78 is 33.0. The van der Waals surface area contributed by atoms with Crippen molar-refractivity contribution in [3.63, 3.8) is 0 Å². The van der Waals surface area contributed by atoms with E-state index in [-0.39, 0.29) is 23.3 Å². The first-order valence-corrected chi connectivity index (χ1v) is 10.2. The van der Waals surface area contributed by atoms with Crippen molar-refractivity contribution in [2.45, 2.75) is 49.1 Å². The van der Waals surface area contributed by atoms with E-state index in [2.05, 4.69) is 4.72 Å². The summed E-state index contributed by atoms with van der Waals surface area (Å²) in [6, 6.07) is 6.40. The van der Waals surface area contributed by atoms with Gasteiger partial charge in [-0.15, -0.1) is 0 Å². The molecule has 2 N–H and O–H groups in total. The van der Waals surface area contributed by atoms with E-state index in [0.717, 1.165) is 12.7 Å². The van der Waals surface area contributed by atoms with Gasteiger partial charge in [-0.05, 0) is 44.9 Å². The number of esters is 1. The molecular formula is C19H23NO6S. The maximum absolute atomic E-state index is 12.8. The van der Waals surface area contributed by atoms with Crippen LogP contribution in [-0.4, -0.2) is 43.5 Å². The lowest BCUT2D eigenvalue weighted by molar-refractivity contribution is -0.146. The minimum absolute atomic E-state index is 0.102. The number of Topliss-reactive ketones (excluding diaryl/α,β-unsaturated/α-hetero) is 1. The predicted molar refractivity (Wildman–Crippen MR) is 97.3 cm³/mol. The van der Waals surface area contributed by atoms with Crippen LogP contribution in [0.4, 0.5) is 0 Å². The second-order valence-corrected chi connectivity index (χ2v) is 9.20. The van der Waals surface area contributed by atoms with Crippen molar-refractivity contribution >= 4 is 21.8 Å². The van der Waals surface area contributed by atoms with Crippen molar-refractivity contribution in [1.29, 1.82) is 0 Å². The van der Waals surface area contributed by atoms with Crippen LogP contribution in [0, 0.1) is 12.8 Å². The average Bonchev–Trinajstić information content (AvgIpc) is 2.88. The van der Waals surface area contributed by atoms with Crippen LogP contribution >= 0.6 is 0 Å². The number of aliphatic hydroxyl groups is 1. The number of carbonyl (C=O) groups excluding carboxylic acids is 2. The van der Waals surface area contributed by atoms with Crippen molar-refractivity contribution in [1.82, 2.24) is 4.72 Å². The van der Waals surface area contributed by atoms with Gasteiger partial charge in [0.2, 0.25) is 10.0 Å². The summed E-state index contributed by atoms with van der Waals surface area (Å²) in [6.45, 7) is 3.49. The lowest BCUT2D eigenvalue weighted by Gasteiger charge is -2.41. The standard InChI is InChI=1S/C19H23NO6S/c1-12-4-7-14(8-5-12)27(24,25)20-18(2)10-13-6-9-16(21)19(13,23)15(11-18)17(22)26-3/h4-5,7-8,11,13,20,23H,6,9-10H2,1-3H3/t13?,18-,19+/m1/s1. The molecule has 0 aromatic heterocycles. The first kappa shape index (κ1) is 19.7. The summed E-state index contributed by atoms with van der Waals surface area (Å²) >= 11 is 0. The van der Waals surface area contributed by atoms with E-state index in [0.29, 0.717) is 6.42 Å². The molecule has 27 heavy (non-hydrogen) atoms. The Morgan fingerprint density at radius 1 is 1.30 bits per heavy atom. The number of sulfonamides is 1. The molecule has 1 unspecified atom stereocenters. The number of benzene rings is 1. The fraction of sp³-hybridized carbons (Fsp3) is 0.474. The molecule has 3 rings (SSSR count). The Morgan fingerprint density at radius 2 is 1.93 bits per heavy atom. The Bertz CT molecular complexity index is 920. The highest BCUT2D eigenvalue weighted by Gasteiger charge is 2.58. The van der Waals surface area contributed by atoms with E-state index >= 15 is 0 Å². The lowest BCUT2D eigenvalue weighted by Crippen LogP contribution is -2.56. The van der Waals surface area contributed by atoms with Crippen LogP contribution < -0.4 is 4.72 Å². The van der Waals surface area contributed by atoms with Gasteiger partial charge in [-0.1, -0.05) is 17.7 Å². The third kappa shape index (κ3) is 3.33. The third-order valence-electron chi connectivity index (χ3n) is 5.38. The fourth-order valence-corrected chi connectivity index (χ4v) is 5.40. The highest BCUT2D eigenvalue weighted by Crippen LogP contribution is 2.47. The van der Waals surface area contributed by atoms with Gasteiger partial charge in [-0.25, -0.2) is 17.9 Å². The van der Waals surface area contributed by atoms with E-state index in [4.69, 9.17) is 4.74 Å². The Kier molecular flexibility index (Phi) is 4.78. The fourth-order valence-electron chi connectivity index (χ4n) is 4.03. The topological polar surface area (TPSA) is 110 Å². The van der Waals surface area contributed by atoms with E-state index < -0.39 is 38.8 Å². The van der Waals surface area contributed by atoms with Crippen molar-refractivity contribution in [3.8, 4) is 0 Å². The van der Waals surface area contributed by atoms with Gasteiger partial charge in [-0.3, -0.25) is 4.79 Å². The number of fused-ring (bicyclic) bond motifs is 1. The summed E-state index contributed by atoms with van der Waals surface area (Å²) in [7, 11) is -2.71. The monoisotopic (exact) mass is 393 g/mol. The first-order valence-electron chi connectivity index (χ1n) is 8.70. The Balaban J connectivity index is 2.02. The zero-order valence-corrected chi connectivity index (χ0v) is 16.3. The average molecular weight is 393 g/mol. The van der Waals surface area contributed by atoms with Crippen LogP contribution in [0.3, 0.4) is 0 Å². The third-order valence-corrected chi connectivity index (χ3v) is 7.01. The lowest BCUT2D eigenvalue weighted by atomic mass is 9.70. The second kappa shape index (κ2) is 6.54. The molecule has 1 saturated carbocycles. The van der Waals surface area contributed by atoms with Gasteiger partial charge in [0, 0.05) is 17.9 Å². The van der Waals surface area contributed by atoms with Crippen LogP contribution in [0.1, 0.15) is 31.7 Å². The molecule has 0 amide bonds. The highest BCUT2D eigenvalue weighted by atomic mass is 32.2. The normalized spacial score (nSPS) is 30.6. The predicted octanol–water partition coefficient (Wildman–Crippen LogP) is 1.25. The zero-order chi connectivity index (χ0) is 20.0. The number of hydrogen-bond acceptors (Lipinski definition) is 6. The van der Waals surface area contributed by atoms with Crippen LogP contribution in [-0.2, 0) is 24.3 Å². The number of aryl methyl sites for hydroxylation is 1. The molecule has 0 bridgehead atoms. The number of carbonyl (C=O) groups is 2. The van der Waals surface area contributed by atoms with E-state index in [1.165, 1.54) is 18.2 Å². The van der Waals surface area contributed by atoms with Crippen LogP contribution in [0.2, 0.25) is 0 Å². The molecule has 146 valence electrons. The number of hydrogen-bond donors (Lipinski definition) is 2. The molecule has 3 atom stereocenters. The van der Waals surface area contributed by atoms with Gasteiger partial charge >= 0.3 is 5.97 Å². The van der Waals surface area contributed by atoms with Gasteiger partial charge in [0.15, 0.2) is 11.4 Å². The van der Waals surface area contributed by atoms with Crippen LogP contribution in [0.25, 0.3) is 0 Å². The number of methoxy groups -OCH3 is 1. The molecule has 1 aromatic rings. The molecule has 1 aromatic carbocycles. The number of ether oxygens (including phenoxy) is 1. The van der Waals surface area contributed by atoms with Gasteiger partial charge in [0.25, 0.3) is 0 Å². The van der Waals surface area contributed by atoms with E-state index in [9.17, 15) is 23.1 Å². The van der Waals surface area contributed by atoms with Gasteiger partial charge in [0.05, 0.1) is 17.6 Å². The number of ketones is 1. The molecule has 0 radical (unpaired) electrons. The second-order valence-electron chi connectivity index (χ2n) is 7.51. The minimum atomic E-state index is -3.87. The Labute approximate surface area is 158 Å². The molecule has 1 fully saturated rings. The summed E-state index contributed by atoms with van der Waals surface area (Å²) in [5.41, 5.74) is -2.32. The van der Waals surface area contributed by atoms with Crippen LogP contribution in [0.5, 0.6) is 0 Å². The SMILES string of the molecule is COC(=O)C1=C[C@](C)(NS(=O)(=O)c2ccc(C)cc2)CC2CCC(=O)[C@@]12O. The zero-order valence-electron chi connectivity index (χ0n) is 15.5. The molecule has 0 saturated heterocycles. The van der Waals surface area contributed by atoms with E-state index in [1.807, 2.05) is 6.92 Å². The molecule has 2 aliphatic carbocycles. The molecular weight excluding hydrogens is 370 g/mol. The quantitative estimate of drug-likeness (QED) is 0.745. The van der Waals surface area contributed by atoms with Crippen molar-refractivity contribution in [2.75, 3.05) is 7.11 Å². The largest absolute Gasteiger partial charge is 0.466 e.